The summed E-state index contributed by atoms with van der Waals surface area (Å²) in [7, 11) is 0. The van der Waals surface area contributed by atoms with Crippen LogP contribution in [-0.4, -0.2) is 16.1 Å². The van der Waals surface area contributed by atoms with Gasteiger partial charge in [0.1, 0.15) is 5.82 Å². The predicted octanol–water partition coefficient (Wildman–Crippen LogP) is 2.90. The van der Waals surface area contributed by atoms with Gasteiger partial charge in [0.2, 0.25) is 5.91 Å². The normalized spacial score (nSPS) is 16.1. The van der Waals surface area contributed by atoms with Crippen molar-refractivity contribution in [2.75, 3.05) is 0 Å². The van der Waals surface area contributed by atoms with Crippen LogP contribution >= 0.6 is 0 Å². The van der Waals surface area contributed by atoms with Crippen LogP contribution in [0, 0.1) is 19.7 Å². The second kappa shape index (κ2) is 5.55. The molecular formula is C17H20FN3O. The van der Waals surface area contributed by atoms with Gasteiger partial charge in [-0.25, -0.2) is 4.39 Å². The van der Waals surface area contributed by atoms with Crippen LogP contribution in [0.25, 0.3) is 0 Å². The van der Waals surface area contributed by atoms with E-state index in [-0.39, 0.29) is 11.7 Å². The van der Waals surface area contributed by atoms with Crippen LogP contribution in [-0.2, 0) is 16.8 Å². The first kappa shape index (κ1) is 14.8. The molecule has 1 amide bonds. The number of H-pyrrole nitrogens is 1. The van der Waals surface area contributed by atoms with Gasteiger partial charge in [-0.3, -0.25) is 9.89 Å². The van der Waals surface area contributed by atoms with Gasteiger partial charge in [-0.05, 0) is 32.8 Å². The van der Waals surface area contributed by atoms with Gasteiger partial charge in [0.15, 0.2) is 0 Å². The number of benzene rings is 1. The third-order valence-electron chi connectivity index (χ3n) is 4.74. The van der Waals surface area contributed by atoms with Crippen LogP contribution in [0.4, 0.5) is 4.39 Å². The quantitative estimate of drug-likeness (QED) is 0.912. The van der Waals surface area contributed by atoms with Crippen molar-refractivity contribution in [1.82, 2.24) is 15.5 Å². The Morgan fingerprint density at radius 1 is 1.36 bits per heavy atom. The lowest BCUT2D eigenvalue weighted by Crippen LogP contribution is -2.49. The largest absolute Gasteiger partial charge is 0.351 e. The molecule has 2 N–H and O–H groups in total. The molecule has 3 rings (SSSR count). The summed E-state index contributed by atoms with van der Waals surface area (Å²) in [5, 5.41) is 10.0. The number of aryl methyl sites for hydroxylation is 2. The van der Waals surface area contributed by atoms with Crippen LogP contribution < -0.4 is 5.32 Å². The minimum Gasteiger partial charge on any atom is -0.351 e. The number of hydrogen-bond donors (Lipinski definition) is 2. The lowest BCUT2D eigenvalue weighted by atomic mass is 9.63. The number of amides is 1. The maximum Gasteiger partial charge on any atom is 0.231 e. The summed E-state index contributed by atoms with van der Waals surface area (Å²) in [5.74, 6) is -0.392. The molecule has 1 saturated carbocycles. The van der Waals surface area contributed by atoms with E-state index in [4.69, 9.17) is 0 Å². The van der Waals surface area contributed by atoms with E-state index in [1.807, 2.05) is 13.8 Å². The second-order valence-corrected chi connectivity index (χ2v) is 6.01. The molecule has 1 aliphatic carbocycles. The van der Waals surface area contributed by atoms with E-state index >= 15 is 0 Å². The molecule has 116 valence electrons. The maximum atomic E-state index is 14.1. The molecular weight excluding hydrogens is 281 g/mol. The van der Waals surface area contributed by atoms with Gasteiger partial charge in [-0.15, -0.1) is 0 Å². The van der Waals surface area contributed by atoms with E-state index in [1.165, 1.54) is 6.07 Å². The third-order valence-corrected chi connectivity index (χ3v) is 4.74. The number of carbonyl (C=O) groups excluding carboxylic acids is 1. The van der Waals surface area contributed by atoms with Crippen molar-refractivity contribution in [3.63, 3.8) is 0 Å². The molecule has 1 heterocycles. The van der Waals surface area contributed by atoms with Crippen LogP contribution in [0.1, 0.15) is 41.8 Å². The van der Waals surface area contributed by atoms with E-state index < -0.39 is 5.41 Å². The molecule has 0 aliphatic heterocycles. The Kier molecular flexibility index (Phi) is 3.72. The summed E-state index contributed by atoms with van der Waals surface area (Å²) in [6.45, 7) is 4.25. The zero-order chi connectivity index (χ0) is 15.7. The number of aromatic nitrogens is 2. The molecule has 1 aromatic carbocycles. The predicted molar refractivity (Wildman–Crippen MR) is 81.8 cm³/mol. The van der Waals surface area contributed by atoms with Crippen molar-refractivity contribution in [3.8, 4) is 0 Å². The topological polar surface area (TPSA) is 57.8 Å². The molecule has 2 aromatic rings. The first-order valence-electron chi connectivity index (χ1n) is 7.58. The highest BCUT2D eigenvalue weighted by Gasteiger charge is 2.47. The van der Waals surface area contributed by atoms with Gasteiger partial charge >= 0.3 is 0 Å². The molecule has 0 unspecified atom stereocenters. The summed E-state index contributed by atoms with van der Waals surface area (Å²) >= 11 is 0. The number of nitrogens with one attached hydrogen (secondary N) is 2. The average Bonchev–Trinajstić information content (AvgIpc) is 2.77. The molecule has 1 fully saturated rings. The molecule has 5 heteroatoms. The number of rotatable bonds is 4. The summed E-state index contributed by atoms with van der Waals surface area (Å²) in [6.07, 6.45) is 2.34. The molecule has 4 nitrogen and oxygen atoms in total. The third kappa shape index (κ3) is 2.30. The molecule has 0 saturated heterocycles. The van der Waals surface area contributed by atoms with Crippen molar-refractivity contribution in [2.45, 2.75) is 45.1 Å². The fourth-order valence-corrected chi connectivity index (χ4v) is 3.17. The van der Waals surface area contributed by atoms with Crippen molar-refractivity contribution in [3.05, 3.63) is 52.6 Å². The number of carbonyl (C=O) groups is 1. The zero-order valence-electron chi connectivity index (χ0n) is 12.9. The lowest BCUT2D eigenvalue weighted by molar-refractivity contribution is -0.130. The first-order valence-corrected chi connectivity index (χ1v) is 7.58. The summed E-state index contributed by atoms with van der Waals surface area (Å²) in [5.41, 5.74) is 2.63. The number of hydrogen-bond acceptors (Lipinski definition) is 2. The number of aromatic amines is 1. The second-order valence-electron chi connectivity index (χ2n) is 6.01. The Hall–Kier alpha value is -2.17. The van der Waals surface area contributed by atoms with Crippen LogP contribution in [0.5, 0.6) is 0 Å². The van der Waals surface area contributed by atoms with Crippen molar-refractivity contribution >= 4 is 5.91 Å². The minimum absolute atomic E-state index is 0.0937. The number of nitrogens with zero attached hydrogens (tertiary/aromatic N) is 1. The molecule has 1 aliphatic rings. The average molecular weight is 301 g/mol. The maximum absolute atomic E-state index is 14.1. The van der Waals surface area contributed by atoms with Crippen LogP contribution in [0.3, 0.4) is 0 Å². The number of halogens is 1. The summed E-state index contributed by atoms with van der Waals surface area (Å²) in [6, 6.07) is 6.59. The Bertz CT molecular complexity index is 684. The summed E-state index contributed by atoms with van der Waals surface area (Å²) < 4.78 is 14.1. The van der Waals surface area contributed by atoms with Crippen LogP contribution in [0.2, 0.25) is 0 Å². The van der Waals surface area contributed by atoms with E-state index in [1.54, 1.807) is 18.2 Å². The van der Waals surface area contributed by atoms with Gasteiger partial charge in [0, 0.05) is 23.4 Å². The van der Waals surface area contributed by atoms with E-state index in [9.17, 15) is 9.18 Å². The summed E-state index contributed by atoms with van der Waals surface area (Å²) in [4.78, 5) is 12.7. The van der Waals surface area contributed by atoms with Gasteiger partial charge in [0.05, 0.1) is 11.1 Å². The molecule has 22 heavy (non-hydrogen) atoms. The first-order chi connectivity index (χ1) is 10.5. The standard InChI is InChI=1S/C17H20FN3O/c1-11-13(12(2)21-20-11)10-19-16(22)17(8-5-9-17)14-6-3-4-7-15(14)18/h3-4,6-7H,5,8-10H2,1-2H3,(H,19,22)(H,20,21). The van der Waals surface area contributed by atoms with Crippen LogP contribution in [0.15, 0.2) is 24.3 Å². The highest BCUT2D eigenvalue weighted by molar-refractivity contribution is 5.89. The van der Waals surface area contributed by atoms with E-state index in [0.29, 0.717) is 24.9 Å². The Labute approximate surface area is 129 Å². The van der Waals surface area contributed by atoms with E-state index in [0.717, 1.165) is 23.4 Å². The molecule has 1 aromatic heterocycles. The minimum atomic E-state index is -0.711. The Morgan fingerprint density at radius 2 is 2.09 bits per heavy atom. The monoisotopic (exact) mass is 301 g/mol. The highest BCUT2D eigenvalue weighted by atomic mass is 19.1. The van der Waals surface area contributed by atoms with Crippen molar-refractivity contribution in [1.29, 1.82) is 0 Å². The highest BCUT2D eigenvalue weighted by Crippen LogP contribution is 2.44. The zero-order valence-corrected chi connectivity index (χ0v) is 12.9. The molecule has 0 radical (unpaired) electrons. The smallest absolute Gasteiger partial charge is 0.231 e. The van der Waals surface area contributed by atoms with Crippen molar-refractivity contribution in [2.24, 2.45) is 0 Å². The van der Waals surface area contributed by atoms with Gasteiger partial charge < -0.3 is 5.32 Å². The van der Waals surface area contributed by atoms with E-state index in [2.05, 4.69) is 15.5 Å². The molecule has 0 spiro atoms. The van der Waals surface area contributed by atoms with Gasteiger partial charge in [0.25, 0.3) is 0 Å². The SMILES string of the molecule is Cc1n[nH]c(C)c1CNC(=O)C1(c2ccccc2F)CCC1. The fourth-order valence-electron chi connectivity index (χ4n) is 3.17. The Balaban J connectivity index is 1.80. The van der Waals surface area contributed by atoms with Gasteiger partial charge in [-0.2, -0.15) is 5.10 Å². The Morgan fingerprint density at radius 3 is 2.64 bits per heavy atom. The van der Waals surface area contributed by atoms with Gasteiger partial charge in [-0.1, -0.05) is 24.6 Å². The van der Waals surface area contributed by atoms with Crippen molar-refractivity contribution < 1.29 is 9.18 Å². The fraction of sp³-hybridized carbons (Fsp3) is 0.412. The molecule has 0 atom stereocenters. The lowest BCUT2D eigenvalue weighted by Gasteiger charge is -2.40. The molecule has 0 bridgehead atoms.